The van der Waals surface area contributed by atoms with E-state index in [4.69, 9.17) is 5.73 Å². The topological polar surface area (TPSA) is 48.8 Å². The van der Waals surface area contributed by atoms with E-state index in [1.165, 1.54) is 0 Å². The first-order valence-electron chi connectivity index (χ1n) is 5.62. The molecule has 2 rings (SSSR count). The molecule has 0 aliphatic rings. The number of aromatic nitrogens is 3. The second kappa shape index (κ2) is 4.53. The molecule has 86 valence electrons. The summed E-state index contributed by atoms with van der Waals surface area (Å²) in [5.74, 6) is 1.08. The van der Waals surface area contributed by atoms with Crippen LogP contribution in [0.5, 0.6) is 0 Å². The fraction of sp³-hybridized carbons (Fsp3) is 0.417. The first-order valence-corrected chi connectivity index (χ1v) is 5.62. The lowest BCUT2D eigenvalue weighted by Gasteiger charge is -2.06. The molecule has 0 bridgehead atoms. The minimum absolute atomic E-state index is 0.0900. The van der Waals surface area contributed by atoms with Crippen LogP contribution in [0.1, 0.15) is 31.3 Å². The van der Waals surface area contributed by atoms with Crippen LogP contribution in [0, 0.1) is 0 Å². The molecule has 0 amide bonds. The Kier molecular flexibility index (Phi) is 3.10. The van der Waals surface area contributed by atoms with Gasteiger partial charge in [0.2, 0.25) is 0 Å². The van der Waals surface area contributed by atoms with Gasteiger partial charge in [0.05, 0.1) is 6.54 Å². The van der Waals surface area contributed by atoms with Gasteiger partial charge in [-0.25, -0.2) is 4.98 Å². The highest BCUT2D eigenvalue weighted by atomic mass is 15.1. The summed E-state index contributed by atoms with van der Waals surface area (Å²) in [4.78, 5) is 4.35. The summed E-state index contributed by atoms with van der Waals surface area (Å²) < 4.78 is 4.26. The summed E-state index contributed by atoms with van der Waals surface area (Å²) in [7, 11) is 0. The number of hydrogen-bond donors (Lipinski definition) is 1. The standard InChI is InChI=1S/C12H18N4/c1-3-16-7-5-14-12(16)9-15-6-4-11(8-15)10(2)13/h4-8,10H,3,9,13H2,1-2H3. The molecular weight excluding hydrogens is 200 g/mol. The van der Waals surface area contributed by atoms with Crippen LogP contribution in [0.4, 0.5) is 0 Å². The molecule has 2 heterocycles. The lowest BCUT2D eigenvalue weighted by Crippen LogP contribution is -2.07. The Morgan fingerprint density at radius 1 is 1.44 bits per heavy atom. The Hall–Kier alpha value is -1.55. The number of rotatable bonds is 4. The van der Waals surface area contributed by atoms with Crippen molar-refractivity contribution in [2.24, 2.45) is 5.73 Å². The minimum Gasteiger partial charge on any atom is -0.346 e. The number of imidazole rings is 1. The monoisotopic (exact) mass is 218 g/mol. The maximum absolute atomic E-state index is 5.82. The van der Waals surface area contributed by atoms with Crippen LogP contribution in [0.2, 0.25) is 0 Å². The van der Waals surface area contributed by atoms with Gasteiger partial charge in [-0.3, -0.25) is 0 Å². The van der Waals surface area contributed by atoms with Gasteiger partial charge in [0.1, 0.15) is 5.82 Å². The van der Waals surface area contributed by atoms with Crippen molar-refractivity contribution in [2.75, 3.05) is 0 Å². The number of nitrogens with two attached hydrogens (primary N) is 1. The van der Waals surface area contributed by atoms with Crippen molar-refractivity contribution in [3.05, 3.63) is 42.2 Å². The molecule has 4 heteroatoms. The number of hydrogen-bond acceptors (Lipinski definition) is 2. The summed E-state index contributed by atoms with van der Waals surface area (Å²) in [6.45, 7) is 5.87. The molecular formula is C12H18N4. The fourth-order valence-electron chi connectivity index (χ4n) is 1.77. The van der Waals surface area contributed by atoms with Crippen LogP contribution >= 0.6 is 0 Å². The van der Waals surface area contributed by atoms with Crippen LogP contribution in [0.15, 0.2) is 30.9 Å². The second-order valence-corrected chi connectivity index (χ2v) is 4.04. The smallest absolute Gasteiger partial charge is 0.128 e. The molecule has 2 N–H and O–H groups in total. The summed E-state index contributed by atoms with van der Waals surface area (Å²) in [6, 6.07) is 2.15. The molecule has 16 heavy (non-hydrogen) atoms. The van der Waals surface area contributed by atoms with Crippen LogP contribution in [-0.4, -0.2) is 14.1 Å². The molecule has 1 atom stereocenters. The van der Waals surface area contributed by atoms with Gasteiger partial charge in [-0.15, -0.1) is 0 Å². The quantitative estimate of drug-likeness (QED) is 0.850. The maximum Gasteiger partial charge on any atom is 0.128 e. The first-order chi connectivity index (χ1) is 7.70. The van der Waals surface area contributed by atoms with E-state index in [1.54, 1.807) is 0 Å². The van der Waals surface area contributed by atoms with Crippen molar-refractivity contribution >= 4 is 0 Å². The van der Waals surface area contributed by atoms with Crippen LogP contribution < -0.4 is 5.73 Å². The van der Waals surface area contributed by atoms with E-state index < -0.39 is 0 Å². The normalized spacial score (nSPS) is 12.9. The highest BCUT2D eigenvalue weighted by molar-refractivity contribution is 5.14. The zero-order valence-electron chi connectivity index (χ0n) is 9.80. The lowest BCUT2D eigenvalue weighted by molar-refractivity contribution is 0.651. The van der Waals surface area contributed by atoms with Gasteiger partial charge < -0.3 is 14.9 Å². The van der Waals surface area contributed by atoms with Crippen molar-refractivity contribution < 1.29 is 0 Å². The van der Waals surface area contributed by atoms with Crippen molar-refractivity contribution in [3.63, 3.8) is 0 Å². The van der Waals surface area contributed by atoms with Crippen LogP contribution in [0.3, 0.4) is 0 Å². The summed E-state index contributed by atoms with van der Waals surface area (Å²) >= 11 is 0. The predicted octanol–water partition coefficient (Wildman–Crippen LogP) is 1.77. The van der Waals surface area contributed by atoms with E-state index >= 15 is 0 Å². The molecule has 2 aromatic heterocycles. The highest BCUT2D eigenvalue weighted by Gasteiger charge is 2.04. The van der Waals surface area contributed by atoms with E-state index in [9.17, 15) is 0 Å². The van der Waals surface area contributed by atoms with Crippen molar-refractivity contribution in [2.45, 2.75) is 33.0 Å². The van der Waals surface area contributed by atoms with E-state index in [2.05, 4.69) is 33.3 Å². The Balaban J connectivity index is 2.14. The Bertz CT molecular complexity index is 453. The molecule has 0 radical (unpaired) electrons. The molecule has 1 unspecified atom stereocenters. The molecule has 0 aliphatic carbocycles. The average Bonchev–Trinajstić information content (AvgIpc) is 2.87. The van der Waals surface area contributed by atoms with Gasteiger partial charge in [0, 0.05) is 37.4 Å². The van der Waals surface area contributed by atoms with Crippen LogP contribution in [-0.2, 0) is 13.1 Å². The Morgan fingerprint density at radius 3 is 2.88 bits per heavy atom. The van der Waals surface area contributed by atoms with E-state index in [1.807, 2.05) is 25.5 Å². The fourth-order valence-corrected chi connectivity index (χ4v) is 1.77. The second-order valence-electron chi connectivity index (χ2n) is 4.04. The first kappa shape index (κ1) is 11.0. The third kappa shape index (κ3) is 2.17. The lowest BCUT2D eigenvalue weighted by atomic mass is 10.2. The highest BCUT2D eigenvalue weighted by Crippen LogP contribution is 2.11. The Morgan fingerprint density at radius 2 is 2.25 bits per heavy atom. The summed E-state index contributed by atoms with van der Waals surface area (Å²) in [5, 5.41) is 0. The molecule has 0 aromatic carbocycles. The SMILES string of the molecule is CCn1ccnc1Cn1ccc(C(C)N)c1. The van der Waals surface area contributed by atoms with E-state index in [0.717, 1.165) is 24.5 Å². The van der Waals surface area contributed by atoms with Crippen LogP contribution in [0.25, 0.3) is 0 Å². The number of nitrogens with zero attached hydrogens (tertiary/aromatic N) is 3. The molecule has 0 saturated carbocycles. The molecule has 0 saturated heterocycles. The van der Waals surface area contributed by atoms with Gasteiger partial charge in [0.15, 0.2) is 0 Å². The average molecular weight is 218 g/mol. The molecule has 4 nitrogen and oxygen atoms in total. The Labute approximate surface area is 95.7 Å². The maximum atomic E-state index is 5.82. The van der Waals surface area contributed by atoms with Crippen molar-refractivity contribution in [1.29, 1.82) is 0 Å². The summed E-state index contributed by atoms with van der Waals surface area (Å²) in [5.41, 5.74) is 6.98. The number of aryl methyl sites for hydroxylation is 1. The summed E-state index contributed by atoms with van der Waals surface area (Å²) in [6.07, 6.45) is 7.98. The third-order valence-corrected chi connectivity index (χ3v) is 2.77. The minimum atomic E-state index is 0.0900. The largest absolute Gasteiger partial charge is 0.346 e. The molecule has 2 aromatic rings. The zero-order valence-corrected chi connectivity index (χ0v) is 9.80. The molecule has 0 fully saturated rings. The van der Waals surface area contributed by atoms with Gasteiger partial charge in [-0.1, -0.05) is 0 Å². The van der Waals surface area contributed by atoms with Gasteiger partial charge in [-0.2, -0.15) is 0 Å². The van der Waals surface area contributed by atoms with Crippen molar-refractivity contribution in [3.8, 4) is 0 Å². The van der Waals surface area contributed by atoms with Gasteiger partial charge in [0.25, 0.3) is 0 Å². The third-order valence-electron chi connectivity index (χ3n) is 2.77. The predicted molar refractivity (Wildman–Crippen MR) is 64.0 cm³/mol. The van der Waals surface area contributed by atoms with Crippen molar-refractivity contribution in [1.82, 2.24) is 14.1 Å². The van der Waals surface area contributed by atoms with E-state index in [-0.39, 0.29) is 6.04 Å². The molecule has 0 aliphatic heterocycles. The zero-order chi connectivity index (χ0) is 11.5. The van der Waals surface area contributed by atoms with Gasteiger partial charge in [-0.05, 0) is 25.5 Å². The van der Waals surface area contributed by atoms with E-state index in [0.29, 0.717) is 0 Å². The van der Waals surface area contributed by atoms with Gasteiger partial charge >= 0.3 is 0 Å². The molecule has 0 spiro atoms.